The number of benzene rings is 1. The van der Waals surface area contributed by atoms with Crippen LogP contribution in [0.5, 0.6) is 0 Å². The molecule has 3 N–H and O–H groups in total. The Kier molecular flexibility index (Phi) is 4.22. The van der Waals surface area contributed by atoms with Gasteiger partial charge >= 0.3 is 0 Å². The van der Waals surface area contributed by atoms with E-state index in [-0.39, 0.29) is 10.8 Å². The number of nitrogens with two attached hydrogens (primary N) is 1. The smallest absolute Gasteiger partial charge is 0.244 e. The summed E-state index contributed by atoms with van der Waals surface area (Å²) in [5, 5.41) is 0.497. The van der Waals surface area contributed by atoms with Gasteiger partial charge in [-0.2, -0.15) is 0 Å². The Morgan fingerprint density at radius 2 is 1.85 bits per heavy atom. The maximum Gasteiger partial charge on any atom is 0.244 e. The number of halogens is 1. The number of nitrogens with zero attached hydrogens (tertiary/aromatic N) is 2. The number of nitrogen functional groups attached to an aromatic ring is 1. The summed E-state index contributed by atoms with van der Waals surface area (Å²) in [4.78, 5) is 7.28. The minimum atomic E-state index is -3.73. The lowest BCUT2D eigenvalue weighted by atomic mass is 10.1. The molecule has 0 fully saturated rings. The molecule has 6 nitrogen and oxygen atoms in total. The zero-order valence-corrected chi connectivity index (χ0v) is 12.2. The van der Waals surface area contributed by atoms with Crippen LogP contribution >= 0.6 is 11.6 Å². The molecule has 1 unspecified atom stereocenters. The largest absolute Gasteiger partial charge is 0.368 e. The van der Waals surface area contributed by atoms with Crippen LogP contribution in [0, 0.1) is 0 Å². The van der Waals surface area contributed by atoms with Crippen molar-refractivity contribution < 1.29 is 8.42 Å². The number of nitrogens with one attached hydrogen (secondary N) is 1. The van der Waals surface area contributed by atoms with E-state index in [2.05, 4.69) is 14.7 Å². The fourth-order valence-corrected chi connectivity index (χ4v) is 3.07. The summed E-state index contributed by atoms with van der Waals surface area (Å²) < 4.78 is 26.8. The van der Waals surface area contributed by atoms with Gasteiger partial charge in [-0.25, -0.2) is 23.1 Å². The van der Waals surface area contributed by atoms with Crippen LogP contribution in [-0.4, -0.2) is 18.4 Å². The summed E-state index contributed by atoms with van der Waals surface area (Å²) >= 11 is 6.04. The molecule has 0 aliphatic heterocycles. The first-order valence-corrected chi connectivity index (χ1v) is 7.60. The van der Waals surface area contributed by atoms with Gasteiger partial charge in [0, 0.05) is 11.1 Å². The molecule has 0 saturated heterocycles. The molecular formula is C12H13ClN4O2S. The molecule has 0 bridgehead atoms. The van der Waals surface area contributed by atoms with Crippen molar-refractivity contribution in [1.29, 1.82) is 0 Å². The van der Waals surface area contributed by atoms with Gasteiger partial charge in [0.2, 0.25) is 16.0 Å². The van der Waals surface area contributed by atoms with E-state index in [1.165, 1.54) is 0 Å². The van der Waals surface area contributed by atoms with Gasteiger partial charge in [-0.15, -0.1) is 0 Å². The molecule has 0 aliphatic rings. The van der Waals surface area contributed by atoms with Gasteiger partial charge < -0.3 is 5.73 Å². The lowest BCUT2D eigenvalue weighted by Crippen LogP contribution is -2.27. The first-order valence-electron chi connectivity index (χ1n) is 5.74. The Hall–Kier alpha value is -1.70. The highest BCUT2D eigenvalue weighted by Crippen LogP contribution is 2.23. The fourth-order valence-electron chi connectivity index (χ4n) is 1.66. The normalized spacial score (nSPS) is 13.1. The molecule has 0 amide bonds. The van der Waals surface area contributed by atoms with Crippen LogP contribution in [0.1, 0.15) is 18.5 Å². The summed E-state index contributed by atoms with van der Waals surface area (Å²) in [6.07, 6.45) is 2.31. The highest BCUT2D eigenvalue weighted by molar-refractivity contribution is 7.89. The van der Waals surface area contributed by atoms with Crippen LogP contribution < -0.4 is 10.5 Å². The van der Waals surface area contributed by atoms with E-state index in [4.69, 9.17) is 17.3 Å². The Labute approximate surface area is 122 Å². The molecule has 20 heavy (non-hydrogen) atoms. The highest BCUT2D eigenvalue weighted by Gasteiger charge is 2.20. The molecule has 2 aromatic rings. The molecule has 1 aromatic carbocycles. The zero-order chi connectivity index (χ0) is 14.8. The summed E-state index contributed by atoms with van der Waals surface area (Å²) in [5.74, 6) is 0.0168. The van der Waals surface area contributed by atoms with Gasteiger partial charge in [-0.05, 0) is 18.6 Å². The van der Waals surface area contributed by atoms with E-state index in [0.29, 0.717) is 10.6 Å². The van der Waals surface area contributed by atoms with Gasteiger partial charge in [-0.3, -0.25) is 0 Å². The van der Waals surface area contributed by atoms with Crippen molar-refractivity contribution in [3.63, 3.8) is 0 Å². The predicted molar refractivity (Wildman–Crippen MR) is 76.6 cm³/mol. The second kappa shape index (κ2) is 5.74. The van der Waals surface area contributed by atoms with Gasteiger partial charge in [-0.1, -0.05) is 29.8 Å². The second-order valence-corrected chi connectivity index (χ2v) is 6.26. The van der Waals surface area contributed by atoms with Gasteiger partial charge in [0.1, 0.15) is 4.90 Å². The van der Waals surface area contributed by atoms with Crippen molar-refractivity contribution in [2.75, 3.05) is 5.73 Å². The average Bonchev–Trinajstić information content (AvgIpc) is 2.39. The van der Waals surface area contributed by atoms with Crippen LogP contribution in [0.3, 0.4) is 0 Å². The predicted octanol–water partition coefficient (Wildman–Crippen LogP) is 1.75. The van der Waals surface area contributed by atoms with Crippen LogP contribution in [0.2, 0.25) is 5.02 Å². The Balaban J connectivity index is 2.24. The van der Waals surface area contributed by atoms with Crippen LogP contribution in [-0.2, 0) is 10.0 Å². The SMILES string of the molecule is CC(NS(=O)(=O)c1cnc(N)nc1)c1ccccc1Cl. The Morgan fingerprint density at radius 1 is 1.25 bits per heavy atom. The first-order chi connectivity index (χ1) is 9.40. The van der Waals surface area contributed by atoms with E-state index in [9.17, 15) is 8.42 Å². The maximum absolute atomic E-state index is 12.2. The van der Waals surface area contributed by atoms with Crippen molar-refractivity contribution in [1.82, 2.24) is 14.7 Å². The molecule has 106 valence electrons. The minimum Gasteiger partial charge on any atom is -0.368 e. The van der Waals surface area contributed by atoms with Crippen LogP contribution in [0.25, 0.3) is 0 Å². The third-order valence-corrected chi connectivity index (χ3v) is 4.50. The number of sulfonamides is 1. The molecule has 0 saturated carbocycles. The number of hydrogen-bond acceptors (Lipinski definition) is 5. The standard InChI is InChI=1S/C12H13ClN4O2S/c1-8(10-4-2-3-5-11(10)13)17-20(18,19)9-6-15-12(14)16-7-9/h2-8,17H,1H3,(H2,14,15,16). The Morgan fingerprint density at radius 3 is 2.45 bits per heavy atom. The lowest BCUT2D eigenvalue weighted by Gasteiger charge is -2.15. The summed E-state index contributed by atoms with van der Waals surface area (Å²) in [5.41, 5.74) is 6.02. The van der Waals surface area contributed by atoms with Crippen molar-refractivity contribution in [2.24, 2.45) is 0 Å². The van der Waals surface area contributed by atoms with Gasteiger partial charge in [0.15, 0.2) is 0 Å². The van der Waals surface area contributed by atoms with E-state index in [1.54, 1.807) is 31.2 Å². The quantitative estimate of drug-likeness (QED) is 0.896. The molecule has 1 heterocycles. The number of anilines is 1. The van der Waals surface area contributed by atoms with E-state index in [1.807, 2.05) is 0 Å². The average molecular weight is 313 g/mol. The molecule has 0 radical (unpaired) electrons. The minimum absolute atomic E-state index is 0.0168. The van der Waals surface area contributed by atoms with Gasteiger partial charge in [0.25, 0.3) is 0 Å². The van der Waals surface area contributed by atoms with E-state index >= 15 is 0 Å². The molecule has 8 heteroatoms. The lowest BCUT2D eigenvalue weighted by molar-refractivity contribution is 0.566. The third-order valence-electron chi connectivity index (χ3n) is 2.66. The van der Waals surface area contributed by atoms with Crippen LogP contribution in [0.4, 0.5) is 5.95 Å². The maximum atomic E-state index is 12.2. The number of hydrogen-bond donors (Lipinski definition) is 2. The van der Waals surface area contributed by atoms with E-state index < -0.39 is 16.1 Å². The van der Waals surface area contributed by atoms with Crippen LogP contribution in [0.15, 0.2) is 41.6 Å². The number of aromatic nitrogens is 2. The molecule has 1 atom stereocenters. The van der Waals surface area contributed by atoms with Crippen molar-refractivity contribution in [2.45, 2.75) is 17.9 Å². The number of rotatable bonds is 4. The molecule has 0 aliphatic carbocycles. The summed E-state index contributed by atoms with van der Waals surface area (Å²) in [7, 11) is -3.73. The first kappa shape index (κ1) is 14.7. The van der Waals surface area contributed by atoms with Crippen molar-refractivity contribution in [3.05, 3.63) is 47.2 Å². The molecule has 1 aromatic heterocycles. The van der Waals surface area contributed by atoms with Gasteiger partial charge in [0.05, 0.1) is 12.4 Å². The summed E-state index contributed by atoms with van der Waals surface area (Å²) in [6.45, 7) is 1.71. The monoisotopic (exact) mass is 312 g/mol. The van der Waals surface area contributed by atoms with E-state index in [0.717, 1.165) is 12.4 Å². The molecule has 0 spiro atoms. The zero-order valence-electron chi connectivity index (χ0n) is 10.6. The summed E-state index contributed by atoms with van der Waals surface area (Å²) in [6, 6.07) is 6.55. The second-order valence-electron chi connectivity index (χ2n) is 4.14. The topological polar surface area (TPSA) is 98.0 Å². The van der Waals surface area contributed by atoms with Crippen molar-refractivity contribution in [3.8, 4) is 0 Å². The molecular weight excluding hydrogens is 300 g/mol. The third kappa shape index (κ3) is 3.24. The molecule has 2 rings (SSSR count). The van der Waals surface area contributed by atoms with Crippen molar-refractivity contribution >= 4 is 27.6 Å². The highest BCUT2D eigenvalue weighted by atomic mass is 35.5. The fraction of sp³-hybridized carbons (Fsp3) is 0.167. The Bertz CT molecular complexity index is 704.